The van der Waals surface area contributed by atoms with Gasteiger partial charge in [-0.2, -0.15) is 0 Å². The van der Waals surface area contributed by atoms with Crippen LogP contribution in [0.2, 0.25) is 0 Å². The van der Waals surface area contributed by atoms with E-state index in [1.165, 1.54) is 32.5 Å². The summed E-state index contributed by atoms with van der Waals surface area (Å²) >= 11 is 0. The SMILES string of the molecule is CCN1CCC(N(C)Cc2cccc(NN)n2)CC1. The first-order chi connectivity index (χ1) is 9.22. The molecule has 1 saturated heterocycles. The number of nitrogens with zero attached hydrogens (tertiary/aromatic N) is 3. The minimum atomic E-state index is 0.666. The molecule has 2 rings (SSSR count). The maximum Gasteiger partial charge on any atom is 0.140 e. The predicted octanol–water partition coefficient (Wildman–Crippen LogP) is 1.28. The smallest absolute Gasteiger partial charge is 0.140 e. The van der Waals surface area contributed by atoms with Gasteiger partial charge in [-0.25, -0.2) is 10.8 Å². The summed E-state index contributed by atoms with van der Waals surface area (Å²) in [5.41, 5.74) is 3.66. The van der Waals surface area contributed by atoms with Crippen LogP contribution < -0.4 is 11.3 Å². The molecule has 1 aliphatic heterocycles. The molecular formula is C14H25N5. The third kappa shape index (κ3) is 3.89. The highest BCUT2D eigenvalue weighted by Crippen LogP contribution is 2.17. The maximum atomic E-state index is 5.39. The van der Waals surface area contributed by atoms with Crippen LogP contribution in [0.4, 0.5) is 5.82 Å². The van der Waals surface area contributed by atoms with Crippen molar-refractivity contribution in [2.75, 3.05) is 32.1 Å². The van der Waals surface area contributed by atoms with Gasteiger partial charge >= 0.3 is 0 Å². The normalized spacial score (nSPS) is 17.9. The van der Waals surface area contributed by atoms with Gasteiger partial charge in [0.05, 0.1) is 5.69 Å². The fourth-order valence-electron chi connectivity index (χ4n) is 2.71. The zero-order valence-electron chi connectivity index (χ0n) is 12.0. The number of anilines is 1. The average Bonchev–Trinajstić information content (AvgIpc) is 2.47. The van der Waals surface area contributed by atoms with Gasteiger partial charge in [0, 0.05) is 12.6 Å². The Morgan fingerprint density at radius 1 is 1.42 bits per heavy atom. The molecule has 1 aromatic rings. The second kappa shape index (κ2) is 6.84. The molecular weight excluding hydrogens is 238 g/mol. The summed E-state index contributed by atoms with van der Waals surface area (Å²) < 4.78 is 0. The third-order valence-corrected chi connectivity index (χ3v) is 3.99. The van der Waals surface area contributed by atoms with Crippen LogP contribution in [-0.4, -0.2) is 47.5 Å². The molecule has 1 aromatic heterocycles. The first kappa shape index (κ1) is 14.2. The molecule has 0 bridgehead atoms. The summed E-state index contributed by atoms with van der Waals surface area (Å²) in [6.07, 6.45) is 2.50. The fraction of sp³-hybridized carbons (Fsp3) is 0.643. The van der Waals surface area contributed by atoms with Crippen molar-refractivity contribution in [3.05, 3.63) is 23.9 Å². The minimum Gasteiger partial charge on any atom is -0.308 e. The molecule has 0 atom stereocenters. The number of likely N-dealkylation sites (tertiary alicyclic amines) is 1. The van der Waals surface area contributed by atoms with Crippen LogP contribution in [0.1, 0.15) is 25.5 Å². The van der Waals surface area contributed by atoms with Gasteiger partial charge in [0.2, 0.25) is 0 Å². The number of rotatable bonds is 5. The van der Waals surface area contributed by atoms with Gasteiger partial charge in [0.25, 0.3) is 0 Å². The molecule has 0 aliphatic carbocycles. The predicted molar refractivity (Wildman–Crippen MR) is 78.7 cm³/mol. The molecule has 3 N–H and O–H groups in total. The van der Waals surface area contributed by atoms with Crippen LogP contribution in [0.3, 0.4) is 0 Å². The number of hydrogen-bond donors (Lipinski definition) is 2. The quantitative estimate of drug-likeness (QED) is 0.619. The van der Waals surface area contributed by atoms with Crippen molar-refractivity contribution >= 4 is 5.82 Å². The summed E-state index contributed by atoms with van der Waals surface area (Å²) in [4.78, 5) is 9.40. The second-order valence-electron chi connectivity index (χ2n) is 5.24. The zero-order valence-corrected chi connectivity index (χ0v) is 12.0. The number of aromatic nitrogens is 1. The van der Waals surface area contributed by atoms with E-state index in [0.29, 0.717) is 6.04 Å². The van der Waals surface area contributed by atoms with Crippen LogP contribution in [-0.2, 0) is 6.54 Å². The lowest BCUT2D eigenvalue weighted by molar-refractivity contribution is 0.126. The van der Waals surface area contributed by atoms with Gasteiger partial charge < -0.3 is 10.3 Å². The van der Waals surface area contributed by atoms with Gasteiger partial charge in [0.1, 0.15) is 5.82 Å². The first-order valence-electron chi connectivity index (χ1n) is 7.08. The molecule has 0 radical (unpaired) electrons. The Morgan fingerprint density at radius 3 is 2.79 bits per heavy atom. The Balaban J connectivity index is 1.88. The Morgan fingerprint density at radius 2 is 2.16 bits per heavy atom. The molecule has 106 valence electrons. The van der Waals surface area contributed by atoms with Crippen molar-refractivity contribution in [3.63, 3.8) is 0 Å². The molecule has 0 aromatic carbocycles. The van der Waals surface area contributed by atoms with E-state index in [0.717, 1.165) is 18.1 Å². The second-order valence-corrected chi connectivity index (χ2v) is 5.24. The molecule has 0 saturated carbocycles. The maximum absolute atomic E-state index is 5.39. The van der Waals surface area contributed by atoms with E-state index in [9.17, 15) is 0 Å². The summed E-state index contributed by atoms with van der Waals surface area (Å²) in [6.45, 7) is 6.71. The molecule has 19 heavy (non-hydrogen) atoms. The van der Waals surface area contributed by atoms with Gasteiger partial charge in [-0.1, -0.05) is 13.0 Å². The Bertz CT molecular complexity index is 387. The summed E-state index contributed by atoms with van der Waals surface area (Å²) in [6, 6.07) is 6.59. The number of hydrazine groups is 1. The number of hydrogen-bond acceptors (Lipinski definition) is 5. The van der Waals surface area contributed by atoms with Crippen LogP contribution >= 0.6 is 0 Å². The molecule has 5 heteroatoms. The summed E-state index contributed by atoms with van der Waals surface area (Å²) in [7, 11) is 2.19. The number of piperidine rings is 1. The first-order valence-corrected chi connectivity index (χ1v) is 7.08. The standard InChI is InChI=1S/C14H25N5/c1-3-19-9-7-13(8-10-19)18(2)11-12-5-4-6-14(16-12)17-15/h4-6,13H,3,7-11,15H2,1-2H3,(H,16,17). The third-order valence-electron chi connectivity index (χ3n) is 3.99. The van der Waals surface area contributed by atoms with Crippen molar-refractivity contribution < 1.29 is 0 Å². The van der Waals surface area contributed by atoms with E-state index in [-0.39, 0.29) is 0 Å². The van der Waals surface area contributed by atoms with Crippen LogP contribution in [0.25, 0.3) is 0 Å². The van der Waals surface area contributed by atoms with Crippen molar-refractivity contribution in [2.24, 2.45) is 5.84 Å². The highest BCUT2D eigenvalue weighted by Gasteiger charge is 2.21. The van der Waals surface area contributed by atoms with Crippen LogP contribution in [0, 0.1) is 0 Å². The fourth-order valence-corrected chi connectivity index (χ4v) is 2.71. The lowest BCUT2D eigenvalue weighted by Gasteiger charge is -2.36. The largest absolute Gasteiger partial charge is 0.308 e. The van der Waals surface area contributed by atoms with E-state index < -0.39 is 0 Å². The van der Waals surface area contributed by atoms with Gasteiger partial charge in [0.15, 0.2) is 0 Å². The van der Waals surface area contributed by atoms with Crippen LogP contribution in [0.15, 0.2) is 18.2 Å². The molecule has 0 unspecified atom stereocenters. The summed E-state index contributed by atoms with van der Waals surface area (Å²) in [5, 5.41) is 0. The van der Waals surface area contributed by atoms with Gasteiger partial charge in [-0.3, -0.25) is 4.90 Å². The molecule has 5 nitrogen and oxygen atoms in total. The number of nitrogens with two attached hydrogens (primary N) is 1. The van der Waals surface area contributed by atoms with E-state index in [1.807, 2.05) is 12.1 Å². The number of nitrogens with one attached hydrogen (secondary N) is 1. The lowest BCUT2D eigenvalue weighted by Crippen LogP contribution is -2.43. The molecule has 0 spiro atoms. The molecule has 2 heterocycles. The Kier molecular flexibility index (Phi) is 5.13. The number of pyridine rings is 1. The van der Waals surface area contributed by atoms with E-state index in [4.69, 9.17) is 5.84 Å². The molecule has 0 amide bonds. The van der Waals surface area contributed by atoms with Crippen LogP contribution in [0.5, 0.6) is 0 Å². The van der Waals surface area contributed by atoms with Crippen molar-refractivity contribution in [1.29, 1.82) is 0 Å². The van der Waals surface area contributed by atoms with Crippen molar-refractivity contribution in [1.82, 2.24) is 14.8 Å². The molecule has 1 aliphatic rings. The average molecular weight is 263 g/mol. The highest BCUT2D eigenvalue weighted by molar-refractivity contribution is 5.33. The Hall–Kier alpha value is -1.17. The van der Waals surface area contributed by atoms with Gasteiger partial charge in [-0.15, -0.1) is 0 Å². The van der Waals surface area contributed by atoms with Crippen molar-refractivity contribution in [3.8, 4) is 0 Å². The van der Waals surface area contributed by atoms with E-state index in [2.05, 4.69) is 40.2 Å². The Labute approximate surface area is 115 Å². The lowest BCUT2D eigenvalue weighted by atomic mass is 10.0. The topological polar surface area (TPSA) is 57.4 Å². The van der Waals surface area contributed by atoms with E-state index >= 15 is 0 Å². The minimum absolute atomic E-state index is 0.666. The molecule has 1 fully saturated rings. The highest BCUT2D eigenvalue weighted by atomic mass is 15.3. The zero-order chi connectivity index (χ0) is 13.7. The van der Waals surface area contributed by atoms with E-state index in [1.54, 1.807) is 0 Å². The van der Waals surface area contributed by atoms with Gasteiger partial charge in [-0.05, 0) is 51.7 Å². The number of nitrogen functional groups attached to an aromatic ring is 1. The monoisotopic (exact) mass is 263 g/mol. The summed E-state index contributed by atoms with van der Waals surface area (Å²) in [5.74, 6) is 6.12. The van der Waals surface area contributed by atoms with Crippen molar-refractivity contribution in [2.45, 2.75) is 32.4 Å².